The minimum Gasteiger partial charge on any atom is -0.376 e. The number of halogens is 1. The van der Waals surface area contributed by atoms with Gasteiger partial charge in [-0.2, -0.15) is 5.26 Å². The number of pyridine rings is 1. The van der Waals surface area contributed by atoms with E-state index in [-0.39, 0.29) is 12.1 Å². The summed E-state index contributed by atoms with van der Waals surface area (Å²) in [4.78, 5) is 6.25. The summed E-state index contributed by atoms with van der Waals surface area (Å²) in [5.74, 6) is 0.646. The molecule has 17 heavy (non-hydrogen) atoms. The number of hydrogen-bond donors (Lipinski definition) is 0. The minimum absolute atomic E-state index is 0.156. The molecule has 1 aliphatic rings. The Balaban J connectivity index is 2.31. The molecule has 0 saturated carbocycles. The zero-order chi connectivity index (χ0) is 12.4. The summed E-state index contributed by atoms with van der Waals surface area (Å²) in [5.41, 5.74) is 0.454. The highest BCUT2D eigenvalue weighted by Gasteiger charge is 2.29. The molecule has 0 N–H and O–H groups in total. The maximum atomic E-state index is 8.94. The molecule has 0 amide bonds. The van der Waals surface area contributed by atoms with E-state index >= 15 is 0 Å². The number of rotatable bonds is 2. The number of anilines is 1. The first-order valence-corrected chi connectivity index (χ1v) is 5.92. The van der Waals surface area contributed by atoms with Gasteiger partial charge in [-0.3, -0.25) is 0 Å². The molecule has 2 rings (SSSR count). The summed E-state index contributed by atoms with van der Waals surface area (Å²) < 4.78 is 5.53. The van der Waals surface area contributed by atoms with Crippen molar-refractivity contribution in [3.8, 4) is 6.07 Å². The van der Waals surface area contributed by atoms with Crippen LogP contribution in [-0.2, 0) is 4.74 Å². The van der Waals surface area contributed by atoms with Crippen molar-refractivity contribution < 1.29 is 4.74 Å². The fraction of sp³-hybridized carbons (Fsp3) is 0.500. The Hall–Kier alpha value is -1.31. The van der Waals surface area contributed by atoms with Gasteiger partial charge in [0.1, 0.15) is 16.9 Å². The van der Waals surface area contributed by atoms with Crippen LogP contribution in [0.1, 0.15) is 18.9 Å². The number of nitrogens with zero attached hydrogens (tertiary/aromatic N) is 3. The Bertz CT molecular complexity index is 458. The highest BCUT2D eigenvalue weighted by atomic mass is 35.5. The Kier molecular flexibility index (Phi) is 3.51. The van der Waals surface area contributed by atoms with E-state index in [1.54, 1.807) is 12.3 Å². The Labute approximate surface area is 106 Å². The van der Waals surface area contributed by atoms with Gasteiger partial charge in [0, 0.05) is 19.9 Å². The molecule has 4 nitrogen and oxygen atoms in total. The van der Waals surface area contributed by atoms with Gasteiger partial charge in [-0.05, 0) is 19.4 Å². The van der Waals surface area contributed by atoms with Crippen LogP contribution in [0.2, 0.25) is 5.02 Å². The second kappa shape index (κ2) is 4.91. The summed E-state index contributed by atoms with van der Waals surface area (Å²) in [5, 5.41) is 9.35. The highest BCUT2D eigenvalue weighted by Crippen LogP contribution is 2.30. The van der Waals surface area contributed by atoms with Crippen molar-refractivity contribution in [1.29, 1.82) is 5.26 Å². The number of ether oxygens (including phenoxy) is 1. The second-order valence-corrected chi connectivity index (χ2v) is 4.53. The normalized spacial score (nSPS) is 23.4. The van der Waals surface area contributed by atoms with Crippen LogP contribution >= 0.6 is 11.6 Å². The second-order valence-electron chi connectivity index (χ2n) is 4.15. The smallest absolute Gasteiger partial charge is 0.148 e. The maximum Gasteiger partial charge on any atom is 0.148 e. The van der Waals surface area contributed by atoms with Crippen molar-refractivity contribution >= 4 is 17.4 Å². The van der Waals surface area contributed by atoms with Gasteiger partial charge >= 0.3 is 0 Å². The molecule has 0 aromatic carbocycles. The molecule has 2 unspecified atom stereocenters. The molecular formula is C12H14ClN3O. The molecule has 2 atom stereocenters. The number of nitriles is 1. The number of hydrogen-bond acceptors (Lipinski definition) is 4. The lowest BCUT2D eigenvalue weighted by atomic mass is 10.1. The first-order valence-electron chi connectivity index (χ1n) is 5.54. The molecule has 0 aliphatic carbocycles. The van der Waals surface area contributed by atoms with Gasteiger partial charge in [-0.15, -0.1) is 0 Å². The van der Waals surface area contributed by atoms with Crippen LogP contribution in [0.3, 0.4) is 0 Å². The molecule has 0 bridgehead atoms. The lowest BCUT2D eigenvalue weighted by molar-refractivity contribution is 0.118. The molecule has 2 heterocycles. The van der Waals surface area contributed by atoms with Crippen LogP contribution in [0.5, 0.6) is 0 Å². The van der Waals surface area contributed by atoms with E-state index in [9.17, 15) is 0 Å². The van der Waals surface area contributed by atoms with E-state index < -0.39 is 0 Å². The van der Waals surface area contributed by atoms with E-state index in [1.165, 1.54) is 0 Å². The fourth-order valence-electron chi connectivity index (χ4n) is 2.15. The Morgan fingerprint density at radius 2 is 2.41 bits per heavy atom. The summed E-state index contributed by atoms with van der Waals surface area (Å²) in [6.45, 7) is 2.79. The molecule has 0 radical (unpaired) electrons. The zero-order valence-corrected chi connectivity index (χ0v) is 10.6. The standard InChI is InChI=1S/C12H14ClN3O/c1-8-10(4-6-17-8)16(2)12-11(13)9(7-14)3-5-15-12/h3,5,8,10H,4,6H2,1-2H3. The third-order valence-electron chi connectivity index (χ3n) is 3.16. The van der Waals surface area contributed by atoms with Crippen molar-refractivity contribution in [2.45, 2.75) is 25.5 Å². The number of likely N-dealkylation sites (N-methyl/N-ethyl adjacent to an activating group) is 1. The lowest BCUT2D eigenvalue weighted by Gasteiger charge is -2.28. The average Bonchev–Trinajstić information content (AvgIpc) is 2.75. The quantitative estimate of drug-likeness (QED) is 0.809. The van der Waals surface area contributed by atoms with E-state index in [0.29, 0.717) is 16.4 Å². The Morgan fingerprint density at radius 1 is 1.65 bits per heavy atom. The molecule has 1 aromatic heterocycles. The van der Waals surface area contributed by atoms with Crippen molar-refractivity contribution in [3.63, 3.8) is 0 Å². The predicted octanol–water partition coefficient (Wildman–Crippen LogP) is 2.22. The predicted molar refractivity (Wildman–Crippen MR) is 66.2 cm³/mol. The average molecular weight is 252 g/mol. The van der Waals surface area contributed by atoms with E-state index in [2.05, 4.69) is 11.1 Å². The molecule has 0 spiro atoms. The third kappa shape index (κ3) is 2.21. The van der Waals surface area contributed by atoms with Gasteiger partial charge in [-0.1, -0.05) is 11.6 Å². The van der Waals surface area contributed by atoms with Crippen LogP contribution in [0.15, 0.2) is 12.3 Å². The topological polar surface area (TPSA) is 49.1 Å². The highest BCUT2D eigenvalue weighted by molar-refractivity contribution is 6.34. The van der Waals surface area contributed by atoms with E-state index in [4.69, 9.17) is 21.6 Å². The summed E-state index contributed by atoms with van der Waals surface area (Å²) in [7, 11) is 1.94. The van der Waals surface area contributed by atoms with Crippen LogP contribution in [0.4, 0.5) is 5.82 Å². The third-order valence-corrected chi connectivity index (χ3v) is 3.53. The van der Waals surface area contributed by atoms with E-state index in [0.717, 1.165) is 13.0 Å². The van der Waals surface area contributed by atoms with Gasteiger partial charge in [0.2, 0.25) is 0 Å². The van der Waals surface area contributed by atoms with Gasteiger partial charge in [-0.25, -0.2) is 4.98 Å². The van der Waals surface area contributed by atoms with Crippen LogP contribution in [-0.4, -0.2) is 30.8 Å². The summed E-state index contributed by atoms with van der Waals surface area (Å²) in [6, 6.07) is 3.94. The molecule has 5 heteroatoms. The van der Waals surface area contributed by atoms with Crippen LogP contribution < -0.4 is 4.90 Å². The van der Waals surface area contributed by atoms with Crippen LogP contribution in [0.25, 0.3) is 0 Å². The molecule has 90 valence electrons. The van der Waals surface area contributed by atoms with Gasteiger partial charge in [0.25, 0.3) is 0 Å². The van der Waals surface area contributed by atoms with Gasteiger partial charge < -0.3 is 9.64 Å². The van der Waals surface area contributed by atoms with Crippen LogP contribution in [0, 0.1) is 11.3 Å². The molecule has 1 saturated heterocycles. The van der Waals surface area contributed by atoms with Gasteiger partial charge in [0.15, 0.2) is 0 Å². The van der Waals surface area contributed by atoms with Gasteiger partial charge in [0.05, 0.1) is 17.7 Å². The van der Waals surface area contributed by atoms with Crippen molar-refractivity contribution in [2.75, 3.05) is 18.6 Å². The number of aromatic nitrogens is 1. The fourth-order valence-corrected chi connectivity index (χ4v) is 2.44. The maximum absolute atomic E-state index is 8.94. The summed E-state index contributed by atoms with van der Waals surface area (Å²) in [6.07, 6.45) is 2.71. The zero-order valence-electron chi connectivity index (χ0n) is 9.85. The molecule has 1 aromatic rings. The minimum atomic E-state index is 0.156. The van der Waals surface area contributed by atoms with Crippen molar-refractivity contribution in [3.05, 3.63) is 22.8 Å². The summed E-state index contributed by atoms with van der Waals surface area (Å²) >= 11 is 6.16. The Morgan fingerprint density at radius 3 is 3.00 bits per heavy atom. The first kappa shape index (κ1) is 12.2. The van der Waals surface area contributed by atoms with E-state index in [1.807, 2.05) is 18.9 Å². The SMILES string of the molecule is CC1OCCC1N(C)c1nccc(C#N)c1Cl. The molecular weight excluding hydrogens is 238 g/mol. The molecule has 1 aliphatic heterocycles. The van der Waals surface area contributed by atoms with Crippen molar-refractivity contribution in [2.24, 2.45) is 0 Å². The largest absolute Gasteiger partial charge is 0.376 e. The van der Waals surface area contributed by atoms with Crippen molar-refractivity contribution in [1.82, 2.24) is 4.98 Å². The molecule has 1 fully saturated rings. The first-order chi connectivity index (χ1) is 8.15. The monoisotopic (exact) mass is 251 g/mol. The lowest BCUT2D eigenvalue weighted by Crippen LogP contribution is -2.37.